The Morgan fingerprint density at radius 2 is 1.60 bits per heavy atom. The van der Waals surface area contributed by atoms with Crippen LogP contribution in [0.2, 0.25) is 0 Å². The molecule has 0 spiro atoms. The lowest BCUT2D eigenvalue weighted by Gasteiger charge is -2.25. The van der Waals surface area contributed by atoms with E-state index in [1.165, 1.54) is 12.5 Å². The topological polar surface area (TPSA) is 269 Å². The maximum atomic E-state index is 13.1. The highest BCUT2D eigenvalue weighted by Crippen LogP contribution is 2.06. The second-order valence-electron chi connectivity index (χ2n) is 7.88. The van der Waals surface area contributed by atoms with Crippen LogP contribution in [0, 0.1) is 0 Å². The van der Waals surface area contributed by atoms with Crippen LogP contribution >= 0.6 is 0 Å². The summed E-state index contributed by atoms with van der Waals surface area (Å²) in [5.74, 6) is -4.40. The van der Waals surface area contributed by atoms with Gasteiger partial charge < -0.3 is 48.3 Å². The summed E-state index contributed by atoms with van der Waals surface area (Å²) in [5, 5.41) is 25.7. The number of aliphatic carboxylic acids is 1. The standard InChI is InChI=1S/C20H34N8O7/c21-6-2-1-3-13(18(32)27-14(20(34)35)4-5-16(23)30)26-19(33)15(7-11-8-24-10-25-11)28-17(31)12(22)9-29/h8,10,12-15,29H,1-7,9,21-22H2,(H2,23,30)(H,24,25)(H,26,33)(H,27,32)(H,28,31)(H,34,35). The van der Waals surface area contributed by atoms with Crippen molar-refractivity contribution < 1.29 is 34.2 Å². The van der Waals surface area contributed by atoms with Crippen molar-refractivity contribution in [1.82, 2.24) is 25.9 Å². The second kappa shape index (κ2) is 15.4. The lowest BCUT2D eigenvalue weighted by molar-refractivity contribution is -0.142. The van der Waals surface area contributed by atoms with E-state index >= 15 is 0 Å². The van der Waals surface area contributed by atoms with Gasteiger partial charge in [-0.25, -0.2) is 9.78 Å². The van der Waals surface area contributed by atoms with Crippen molar-refractivity contribution in [3.05, 3.63) is 18.2 Å². The first-order valence-electron chi connectivity index (χ1n) is 11.0. The second-order valence-corrected chi connectivity index (χ2v) is 7.88. The molecule has 4 atom stereocenters. The zero-order valence-corrected chi connectivity index (χ0v) is 19.2. The molecule has 35 heavy (non-hydrogen) atoms. The summed E-state index contributed by atoms with van der Waals surface area (Å²) < 4.78 is 0. The van der Waals surface area contributed by atoms with Crippen molar-refractivity contribution in [3.63, 3.8) is 0 Å². The lowest BCUT2D eigenvalue weighted by Crippen LogP contribution is -2.58. The van der Waals surface area contributed by atoms with Gasteiger partial charge in [-0.1, -0.05) is 0 Å². The van der Waals surface area contributed by atoms with Crippen LogP contribution < -0.4 is 33.2 Å². The van der Waals surface area contributed by atoms with E-state index in [9.17, 15) is 29.1 Å². The Morgan fingerprint density at radius 1 is 0.971 bits per heavy atom. The number of aromatic amines is 1. The van der Waals surface area contributed by atoms with Gasteiger partial charge in [0.1, 0.15) is 24.2 Å². The molecule has 1 rings (SSSR count). The molecular formula is C20H34N8O7. The summed E-state index contributed by atoms with van der Waals surface area (Å²) >= 11 is 0. The van der Waals surface area contributed by atoms with Crippen LogP contribution in [0.15, 0.2) is 12.5 Å². The van der Waals surface area contributed by atoms with Crippen LogP contribution in [-0.2, 0) is 30.4 Å². The highest BCUT2D eigenvalue weighted by atomic mass is 16.4. The first-order chi connectivity index (χ1) is 16.6. The van der Waals surface area contributed by atoms with Crippen molar-refractivity contribution in [1.29, 1.82) is 0 Å². The minimum atomic E-state index is -1.40. The zero-order valence-electron chi connectivity index (χ0n) is 19.2. The van der Waals surface area contributed by atoms with E-state index in [0.29, 0.717) is 25.1 Å². The monoisotopic (exact) mass is 498 g/mol. The zero-order chi connectivity index (χ0) is 26.4. The molecule has 1 aromatic heterocycles. The highest BCUT2D eigenvalue weighted by molar-refractivity contribution is 5.94. The molecule has 4 amide bonds. The number of aliphatic hydroxyl groups excluding tert-OH is 1. The Labute approximate surface area is 201 Å². The number of amides is 4. The van der Waals surface area contributed by atoms with Crippen LogP contribution in [0.5, 0.6) is 0 Å². The van der Waals surface area contributed by atoms with Crippen LogP contribution in [0.1, 0.15) is 37.8 Å². The summed E-state index contributed by atoms with van der Waals surface area (Å²) in [4.78, 5) is 67.3. The summed E-state index contributed by atoms with van der Waals surface area (Å²) in [6.07, 6.45) is 3.44. The Hall–Kier alpha value is -3.56. The lowest BCUT2D eigenvalue weighted by atomic mass is 10.0. The molecule has 0 saturated carbocycles. The van der Waals surface area contributed by atoms with E-state index in [1.807, 2.05) is 0 Å². The number of carboxylic acid groups (broad SMARTS) is 1. The maximum absolute atomic E-state index is 13.1. The molecule has 4 unspecified atom stereocenters. The average Bonchev–Trinajstić information content (AvgIpc) is 3.32. The molecule has 0 aromatic carbocycles. The minimum absolute atomic E-state index is 0.0246. The molecular weight excluding hydrogens is 464 g/mol. The van der Waals surface area contributed by atoms with Crippen molar-refractivity contribution in [2.75, 3.05) is 13.2 Å². The number of hydrogen-bond acceptors (Lipinski definition) is 9. The number of nitrogens with one attached hydrogen (secondary N) is 4. The van der Waals surface area contributed by atoms with Gasteiger partial charge in [-0.2, -0.15) is 0 Å². The average molecular weight is 499 g/mol. The van der Waals surface area contributed by atoms with Gasteiger partial charge in [0, 0.05) is 24.7 Å². The number of carbonyl (C=O) groups is 5. The number of nitrogens with zero attached hydrogens (tertiary/aromatic N) is 1. The van der Waals surface area contributed by atoms with E-state index in [2.05, 4.69) is 25.9 Å². The number of rotatable bonds is 17. The number of nitrogens with two attached hydrogens (primary N) is 3. The van der Waals surface area contributed by atoms with Crippen molar-refractivity contribution >= 4 is 29.6 Å². The number of unbranched alkanes of at least 4 members (excludes halogenated alkanes) is 1. The van der Waals surface area contributed by atoms with Crippen LogP contribution in [0.3, 0.4) is 0 Å². The molecule has 0 saturated heterocycles. The molecule has 0 aliphatic rings. The Kier molecular flexibility index (Phi) is 12.9. The van der Waals surface area contributed by atoms with E-state index in [1.54, 1.807) is 0 Å². The minimum Gasteiger partial charge on any atom is -0.480 e. The molecule has 0 fully saturated rings. The molecule has 15 heteroatoms. The Morgan fingerprint density at radius 3 is 2.14 bits per heavy atom. The number of aliphatic hydroxyl groups is 1. The molecule has 1 heterocycles. The van der Waals surface area contributed by atoms with Gasteiger partial charge in [0.2, 0.25) is 23.6 Å². The van der Waals surface area contributed by atoms with Crippen molar-refractivity contribution in [3.8, 4) is 0 Å². The SMILES string of the molecule is NCCCCC(NC(=O)C(Cc1cnc[nH]1)NC(=O)C(N)CO)C(=O)NC(CCC(N)=O)C(=O)O. The van der Waals surface area contributed by atoms with Crippen LogP contribution in [-0.4, -0.2) is 87.1 Å². The molecule has 15 nitrogen and oxygen atoms in total. The smallest absolute Gasteiger partial charge is 0.326 e. The van der Waals surface area contributed by atoms with Gasteiger partial charge in [-0.3, -0.25) is 19.2 Å². The summed E-state index contributed by atoms with van der Waals surface area (Å²) in [6, 6.07) is -5.00. The predicted octanol–water partition coefficient (Wildman–Crippen LogP) is -3.79. The third-order valence-corrected chi connectivity index (χ3v) is 5.02. The first-order valence-corrected chi connectivity index (χ1v) is 11.0. The number of carbonyl (C=O) groups excluding carboxylic acids is 4. The summed E-state index contributed by atoms with van der Waals surface area (Å²) in [6.45, 7) is -0.299. The summed E-state index contributed by atoms with van der Waals surface area (Å²) in [5.41, 5.74) is 16.6. The van der Waals surface area contributed by atoms with E-state index in [4.69, 9.17) is 22.3 Å². The molecule has 12 N–H and O–H groups in total. The van der Waals surface area contributed by atoms with Crippen LogP contribution in [0.4, 0.5) is 0 Å². The fourth-order valence-corrected chi connectivity index (χ4v) is 3.04. The van der Waals surface area contributed by atoms with E-state index in [0.717, 1.165) is 0 Å². The molecule has 196 valence electrons. The molecule has 1 aromatic rings. The number of hydrogen-bond donors (Lipinski definition) is 9. The van der Waals surface area contributed by atoms with Gasteiger partial charge in [0.15, 0.2) is 0 Å². The van der Waals surface area contributed by atoms with Gasteiger partial charge in [0.05, 0.1) is 12.9 Å². The number of aromatic nitrogens is 2. The Balaban J connectivity index is 3.02. The third kappa shape index (κ3) is 10.9. The van der Waals surface area contributed by atoms with E-state index < -0.39 is 60.4 Å². The van der Waals surface area contributed by atoms with Gasteiger partial charge in [-0.05, 0) is 32.2 Å². The first kappa shape index (κ1) is 29.5. The molecule has 0 radical (unpaired) electrons. The van der Waals surface area contributed by atoms with Gasteiger partial charge >= 0.3 is 5.97 Å². The number of imidazole rings is 1. The number of carboxylic acids is 1. The van der Waals surface area contributed by atoms with Gasteiger partial charge in [-0.15, -0.1) is 0 Å². The third-order valence-electron chi connectivity index (χ3n) is 5.02. The van der Waals surface area contributed by atoms with Gasteiger partial charge in [0.25, 0.3) is 0 Å². The number of primary amides is 1. The largest absolute Gasteiger partial charge is 0.480 e. The van der Waals surface area contributed by atoms with Crippen molar-refractivity contribution in [2.24, 2.45) is 17.2 Å². The fourth-order valence-electron chi connectivity index (χ4n) is 3.04. The normalized spacial score (nSPS) is 14.3. The molecule has 0 aliphatic carbocycles. The maximum Gasteiger partial charge on any atom is 0.326 e. The quantitative estimate of drug-likeness (QED) is 0.0945. The summed E-state index contributed by atoms with van der Waals surface area (Å²) in [7, 11) is 0. The highest BCUT2D eigenvalue weighted by Gasteiger charge is 2.30. The number of H-pyrrole nitrogens is 1. The predicted molar refractivity (Wildman–Crippen MR) is 122 cm³/mol. The molecule has 0 bridgehead atoms. The van der Waals surface area contributed by atoms with Crippen LogP contribution in [0.25, 0.3) is 0 Å². The Bertz CT molecular complexity index is 849. The van der Waals surface area contributed by atoms with Crippen molar-refractivity contribution in [2.45, 2.75) is 62.7 Å². The fraction of sp³-hybridized carbons (Fsp3) is 0.600. The van der Waals surface area contributed by atoms with E-state index in [-0.39, 0.29) is 25.7 Å². The molecule has 0 aliphatic heterocycles.